The summed E-state index contributed by atoms with van der Waals surface area (Å²) in [5, 5.41) is 0. The van der Waals surface area contributed by atoms with Crippen molar-refractivity contribution in [3.63, 3.8) is 0 Å². The van der Waals surface area contributed by atoms with Gasteiger partial charge < -0.3 is 0 Å². The van der Waals surface area contributed by atoms with Crippen molar-refractivity contribution in [3.05, 3.63) is 0 Å². The molecule has 0 atom stereocenters. The maximum absolute atomic E-state index is 2.62. The monoisotopic (exact) mass is 336 g/mol. The van der Waals surface area contributed by atoms with Crippen LogP contribution in [0.4, 0.5) is 0 Å². The zero-order valence-corrected chi connectivity index (χ0v) is 16.6. The van der Waals surface area contributed by atoms with E-state index in [4.69, 9.17) is 0 Å². The van der Waals surface area contributed by atoms with E-state index in [2.05, 4.69) is 10.8 Å². The van der Waals surface area contributed by atoms with Gasteiger partial charge in [0.25, 0.3) is 0 Å². The van der Waals surface area contributed by atoms with Crippen molar-refractivity contribution in [2.75, 3.05) is 39.3 Å². The van der Waals surface area contributed by atoms with Gasteiger partial charge in [0.2, 0.25) is 0 Å². The summed E-state index contributed by atoms with van der Waals surface area (Å²) < 4.78 is 7.62. The van der Waals surface area contributed by atoms with E-state index in [-0.39, 0.29) is 37.7 Å². The fraction of sp³-hybridized carbons (Fsp3) is 1.00. The molecular weight excluding hydrogens is 323 g/mol. The Kier molecular flexibility index (Phi) is 5.55. The van der Waals surface area contributed by atoms with E-state index >= 15 is 0 Å². The predicted octanol–water partition coefficient (Wildman–Crippen LogP) is -2.65. The van der Waals surface area contributed by atoms with Crippen LogP contribution in [0.25, 0.3) is 0 Å². The van der Waals surface area contributed by atoms with Gasteiger partial charge in [0.1, 0.15) is 0 Å². The topological polar surface area (TPSA) is 9.03 Å². The number of hydrogen-bond donors (Lipinski definition) is 0. The molecule has 0 bridgehead atoms. The first-order chi connectivity index (χ1) is 5.34. The van der Waals surface area contributed by atoms with Gasteiger partial charge in [0, 0.05) is 0 Å². The average Bonchev–Trinajstić information content (AvgIpc) is 2.71. The molecule has 0 aromatic rings. The van der Waals surface area contributed by atoms with Crippen LogP contribution < -0.4 is 0 Å². The van der Waals surface area contributed by atoms with E-state index in [0.717, 1.165) is 0 Å². The standard InChI is InChI=1S/3C2H4N.3Ga.3H/c3*1-2-3-1;;;;;;/h3*1-2H2;;;;;;/q3*-1;;+1;+2;;;. The molecule has 0 amide bonds. The molecule has 6 heteroatoms. The Morgan fingerprint density at radius 2 is 1.17 bits per heavy atom. The third kappa shape index (κ3) is 6.27. The molecule has 0 aromatic carbocycles. The minimum atomic E-state index is -0.208. The van der Waals surface area contributed by atoms with Gasteiger partial charge in [-0.25, -0.2) is 0 Å². The van der Waals surface area contributed by atoms with Gasteiger partial charge in [0.15, 0.2) is 0 Å². The molecule has 3 fully saturated rings. The van der Waals surface area contributed by atoms with Gasteiger partial charge in [-0.15, -0.1) is 0 Å². The van der Waals surface area contributed by atoms with Gasteiger partial charge in [0.05, 0.1) is 0 Å². The Labute approximate surface area is 106 Å². The van der Waals surface area contributed by atoms with Crippen LogP contribution in [0.3, 0.4) is 0 Å². The SMILES string of the molecule is C1C[N]1[GaH][N]1CC1.[GaH].[GaH][N]1CC1. The Hall–Kier alpha value is 1.79. The van der Waals surface area contributed by atoms with Crippen molar-refractivity contribution in [2.24, 2.45) is 0 Å². The van der Waals surface area contributed by atoms with Crippen molar-refractivity contribution in [1.29, 1.82) is 0 Å². The summed E-state index contributed by atoms with van der Waals surface area (Å²) in [4.78, 5) is 0. The van der Waals surface area contributed by atoms with Crippen molar-refractivity contribution in [3.8, 4) is 0 Å². The fourth-order valence-corrected chi connectivity index (χ4v) is 4.04. The second kappa shape index (κ2) is 5.62. The van der Waals surface area contributed by atoms with E-state index in [0.29, 0.717) is 0 Å². The summed E-state index contributed by atoms with van der Waals surface area (Å²) >= 11 is 1.17. The normalized spacial score (nSPS) is 26.3. The van der Waals surface area contributed by atoms with E-state index in [1.54, 1.807) is 0 Å². The molecule has 0 spiro atoms. The minimum absolute atomic E-state index is 0. The number of nitrogens with zero attached hydrogens (tertiary/aromatic N) is 3. The second-order valence-electron chi connectivity index (χ2n) is 3.50. The van der Waals surface area contributed by atoms with Crippen LogP contribution in [0.15, 0.2) is 0 Å². The summed E-state index contributed by atoms with van der Waals surface area (Å²) in [6.07, 6.45) is 0. The first kappa shape index (κ1) is 11.9. The van der Waals surface area contributed by atoms with E-state index < -0.39 is 0 Å². The first-order valence-corrected chi connectivity index (χ1v) is 8.33. The van der Waals surface area contributed by atoms with E-state index in [1.807, 2.05) is 0 Å². The van der Waals surface area contributed by atoms with E-state index in [1.165, 1.54) is 58.1 Å². The number of hydrogen-bond acceptors (Lipinski definition) is 3. The second-order valence-corrected chi connectivity index (χ2v) is 9.72. The molecule has 12 heavy (non-hydrogen) atoms. The van der Waals surface area contributed by atoms with Gasteiger partial charge in [-0.3, -0.25) is 0 Å². The maximum atomic E-state index is 2.62. The zero-order valence-electron chi connectivity index (χ0n) is 7.71. The third-order valence-electron chi connectivity index (χ3n) is 2.02. The Morgan fingerprint density at radius 1 is 0.833 bits per heavy atom. The molecule has 0 N–H and O–H groups in total. The Morgan fingerprint density at radius 3 is 1.33 bits per heavy atom. The number of rotatable bonds is 2. The predicted molar refractivity (Wildman–Crippen MR) is 56.2 cm³/mol. The average molecular weight is 338 g/mol. The fourth-order valence-electron chi connectivity index (χ4n) is 0.778. The van der Waals surface area contributed by atoms with E-state index in [9.17, 15) is 0 Å². The molecule has 3 nitrogen and oxygen atoms in total. The quantitative estimate of drug-likeness (QED) is 0.402. The third-order valence-corrected chi connectivity index (χ3v) is 7.68. The molecule has 0 aliphatic carbocycles. The summed E-state index contributed by atoms with van der Waals surface area (Å²) in [6.45, 7) is 8.46. The summed E-state index contributed by atoms with van der Waals surface area (Å²) in [6, 6.07) is 0. The van der Waals surface area contributed by atoms with Crippen molar-refractivity contribution in [2.45, 2.75) is 0 Å². The van der Waals surface area contributed by atoms with Crippen LogP contribution in [0.1, 0.15) is 0 Å². The molecule has 3 radical (unpaired) electrons. The van der Waals surface area contributed by atoms with Crippen LogP contribution in [0.5, 0.6) is 0 Å². The van der Waals surface area contributed by atoms with Crippen molar-refractivity contribution < 1.29 is 0 Å². The molecule has 0 unspecified atom stereocenters. The van der Waals surface area contributed by atoms with Gasteiger partial charge in [-0.2, -0.15) is 0 Å². The Balaban J connectivity index is 0.000000126. The van der Waals surface area contributed by atoms with Gasteiger partial charge >= 0.3 is 107 Å². The Bertz CT molecular complexity index is 124. The van der Waals surface area contributed by atoms with Crippen molar-refractivity contribution >= 4 is 56.5 Å². The molecule has 3 aliphatic rings. The summed E-state index contributed by atoms with van der Waals surface area (Å²) in [5.41, 5.74) is 0. The summed E-state index contributed by atoms with van der Waals surface area (Å²) in [5.74, 6) is 0. The molecule has 63 valence electrons. The first-order valence-electron chi connectivity index (χ1n) is 4.35. The molecule has 3 rings (SSSR count). The van der Waals surface area contributed by atoms with Crippen LogP contribution >= 0.6 is 0 Å². The molecule has 3 saturated heterocycles. The molecular formula is C6H15Ga3N3. The zero-order chi connectivity index (χ0) is 7.68. The van der Waals surface area contributed by atoms with Crippen molar-refractivity contribution in [1.82, 2.24) is 10.8 Å². The molecule has 0 aromatic heterocycles. The van der Waals surface area contributed by atoms with Crippen LogP contribution in [0.2, 0.25) is 0 Å². The molecule has 0 saturated carbocycles. The van der Waals surface area contributed by atoms with Gasteiger partial charge in [-0.1, -0.05) is 0 Å². The van der Waals surface area contributed by atoms with Crippen LogP contribution in [-0.4, -0.2) is 107 Å². The van der Waals surface area contributed by atoms with Gasteiger partial charge in [-0.05, 0) is 0 Å². The summed E-state index contributed by atoms with van der Waals surface area (Å²) in [7, 11) is 0. The van der Waals surface area contributed by atoms with Crippen LogP contribution in [0, 0.1) is 0 Å². The molecule has 3 heterocycles. The molecule has 3 aliphatic heterocycles. The van der Waals surface area contributed by atoms with Crippen LogP contribution in [-0.2, 0) is 0 Å².